The molecule has 25 heavy (non-hydrogen) atoms. The summed E-state index contributed by atoms with van der Waals surface area (Å²) in [6.45, 7) is 0.651. The first kappa shape index (κ1) is 18.4. The van der Waals surface area contributed by atoms with Crippen molar-refractivity contribution >= 4 is 18.0 Å². The van der Waals surface area contributed by atoms with Crippen molar-refractivity contribution in [1.29, 1.82) is 0 Å². The largest absolute Gasteiger partial charge is 0.469 e. The third kappa shape index (κ3) is 6.22. The van der Waals surface area contributed by atoms with Crippen molar-refractivity contribution in [1.82, 2.24) is 4.90 Å². The Hall–Kier alpha value is -2.95. The molecule has 0 aromatic heterocycles. The molecule has 0 bridgehead atoms. The van der Waals surface area contributed by atoms with E-state index in [2.05, 4.69) is 4.74 Å². The lowest BCUT2D eigenvalue weighted by Gasteiger charge is -2.21. The molecule has 2 aromatic rings. The fourth-order valence-corrected chi connectivity index (χ4v) is 2.25. The minimum absolute atomic E-state index is 0.124. The molecule has 0 unspecified atom stereocenters. The number of hydrogen-bond acceptors (Lipinski definition) is 3. The Morgan fingerprint density at radius 1 is 1.08 bits per heavy atom. The predicted molar refractivity (Wildman–Crippen MR) is 93.9 cm³/mol. The molecular weight excluding hydrogens is 321 g/mol. The Bertz CT molecular complexity index is 726. The van der Waals surface area contributed by atoms with Gasteiger partial charge in [0, 0.05) is 19.2 Å². The Balaban J connectivity index is 2.07. The maximum absolute atomic E-state index is 12.9. The minimum Gasteiger partial charge on any atom is -0.469 e. The molecule has 0 saturated heterocycles. The van der Waals surface area contributed by atoms with Crippen molar-refractivity contribution in [2.45, 2.75) is 13.0 Å². The van der Waals surface area contributed by atoms with E-state index < -0.39 is 0 Å². The number of amides is 1. The summed E-state index contributed by atoms with van der Waals surface area (Å²) in [6, 6.07) is 15.4. The summed E-state index contributed by atoms with van der Waals surface area (Å²) in [4.78, 5) is 25.5. The lowest BCUT2D eigenvalue weighted by molar-refractivity contribution is -0.141. The number of ether oxygens (including phenoxy) is 1. The minimum atomic E-state index is -0.367. The number of rotatable bonds is 7. The van der Waals surface area contributed by atoms with Crippen LogP contribution in [0.4, 0.5) is 4.39 Å². The zero-order valence-corrected chi connectivity index (χ0v) is 14.0. The summed E-state index contributed by atoms with van der Waals surface area (Å²) in [7, 11) is 1.32. The van der Waals surface area contributed by atoms with E-state index in [9.17, 15) is 14.0 Å². The molecule has 0 fully saturated rings. The molecule has 0 radical (unpaired) electrons. The van der Waals surface area contributed by atoms with E-state index in [0.717, 1.165) is 11.1 Å². The van der Waals surface area contributed by atoms with Crippen LogP contribution in [0.1, 0.15) is 17.5 Å². The number of nitrogens with zero attached hydrogens (tertiary/aromatic N) is 1. The van der Waals surface area contributed by atoms with Crippen LogP contribution in [0.15, 0.2) is 60.7 Å². The molecule has 0 atom stereocenters. The first-order valence-electron chi connectivity index (χ1n) is 7.92. The molecule has 130 valence electrons. The number of carbonyl (C=O) groups excluding carboxylic acids is 2. The van der Waals surface area contributed by atoms with E-state index >= 15 is 0 Å². The molecule has 0 aliphatic rings. The molecule has 4 nitrogen and oxygen atoms in total. The molecule has 2 aromatic carbocycles. The maximum atomic E-state index is 12.9. The number of halogens is 1. The van der Waals surface area contributed by atoms with Gasteiger partial charge in [-0.3, -0.25) is 9.59 Å². The molecular formula is C20H20FNO3. The lowest BCUT2D eigenvalue weighted by Crippen LogP contribution is -2.31. The summed E-state index contributed by atoms with van der Waals surface area (Å²) in [6.07, 6.45) is 3.17. The van der Waals surface area contributed by atoms with Gasteiger partial charge in [0.2, 0.25) is 5.91 Å². The van der Waals surface area contributed by atoms with Gasteiger partial charge in [-0.25, -0.2) is 4.39 Å². The standard InChI is InChI=1S/C20H20FNO3/c1-25-20(24)13-14-22(15-17-5-3-2-4-6-17)19(23)12-9-16-7-10-18(21)11-8-16/h2-12H,13-15H2,1H3/b12-9+. The van der Waals surface area contributed by atoms with Gasteiger partial charge in [-0.2, -0.15) is 0 Å². The second kappa shape index (κ2) is 9.37. The zero-order valence-electron chi connectivity index (χ0n) is 14.0. The number of benzene rings is 2. The van der Waals surface area contributed by atoms with Gasteiger partial charge in [0.1, 0.15) is 5.82 Å². The Morgan fingerprint density at radius 2 is 1.76 bits per heavy atom. The van der Waals surface area contributed by atoms with Crippen molar-refractivity contribution in [3.63, 3.8) is 0 Å². The van der Waals surface area contributed by atoms with Gasteiger partial charge in [-0.1, -0.05) is 42.5 Å². The molecule has 0 aliphatic heterocycles. The van der Waals surface area contributed by atoms with E-state index in [4.69, 9.17) is 0 Å². The number of methoxy groups -OCH3 is 1. The Labute approximate surface area is 146 Å². The average molecular weight is 341 g/mol. The third-order valence-corrected chi connectivity index (χ3v) is 3.63. The summed E-state index contributed by atoms with van der Waals surface area (Å²) in [5.41, 5.74) is 1.69. The van der Waals surface area contributed by atoms with Crippen LogP contribution in [0.25, 0.3) is 6.08 Å². The third-order valence-electron chi connectivity index (χ3n) is 3.63. The Morgan fingerprint density at radius 3 is 2.40 bits per heavy atom. The maximum Gasteiger partial charge on any atom is 0.307 e. The molecule has 0 saturated carbocycles. The predicted octanol–water partition coefficient (Wildman–Crippen LogP) is 3.43. The normalized spacial score (nSPS) is 10.6. The fraction of sp³-hybridized carbons (Fsp3) is 0.200. The van der Waals surface area contributed by atoms with Crippen molar-refractivity contribution in [2.24, 2.45) is 0 Å². The van der Waals surface area contributed by atoms with Crippen LogP contribution in [0.2, 0.25) is 0 Å². The van der Waals surface area contributed by atoms with Crippen molar-refractivity contribution < 1.29 is 18.7 Å². The van der Waals surface area contributed by atoms with Crippen molar-refractivity contribution in [3.05, 3.63) is 77.6 Å². The highest BCUT2D eigenvalue weighted by molar-refractivity contribution is 5.92. The molecule has 0 spiro atoms. The lowest BCUT2D eigenvalue weighted by atomic mass is 10.2. The summed E-state index contributed by atoms with van der Waals surface area (Å²) in [5, 5.41) is 0. The van der Waals surface area contributed by atoms with Crippen LogP contribution in [-0.2, 0) is 20.9 Å². The second-order valence-electron chi connectivity index (χ2n) is 5.46. The molecule has 5 heteroatoms. The number of carbonyl (C=O) groups is 2. The highest BCUT2D eigenvalue weighted by Crippen LogP contribution is 2.09. The van der Waals surface area contributed by atoms with Crippen LogP contribution in [-0.4, -0.2) is 30.4 Å². The molecule has 0 aliphatic carbocycles. The Kier molecular flexibility index (Phi) is 6.89. The summed E-state index contributed by atoms with van der Waals surface area (Å²) < 4.78 is 17.6. The van der Waals surface area contributed by atoms with Gasteiger partial charge in [0.15, 0.2) is 0 Å². The first-order chi connectivity index (χ1) is 12.1. The van der Waals surface area contributed by atoms with Gasteiger partial charge >= 0.3 is 5.97 Å². The van der Waals surface area contributed by atoms with E-state index in [1.54, 1.807) is 23.1 Å². The van der Waals surface area contributed by atoms with Crippen molar-refractivity contribution in [3.8, 4) is 0 Å². The van der Waals surface area contributed by atoms with Crippen LogP contribution in [0.3, 0.4) is 0 Å². The first-order valence-corrected chi connectivity index (χ1v) is 7.92. The smallest absolute Gasteiger partial charge is 0.307 e. The van der Waals surface area contributed by atoms with Gasteiger partial charge in [-0.05, 0) is 29.3 Å². The van der Waals surface area contributed by atoms with E-state index in [1.165, 1.54) is 25.3 Å². The van der Waals surface area contributed by atoms with Gasteiger partial charge < -0.3 is 9.64 Å². The second-order valence-corrected chi connectivity index (χ2v) is 5.46. The topological polar surface area (TPSA) is 46.6 Å². The molecule has 2 rings (SSSR count). The van der Waals surface area contributed by atoms with E-state index in [0.29, 0.717) is 6.54 Å². The highest BCUT2D eigenvalue weighted by atomic mass is 19.1. The summed E-state index contributed by atoms with van der Waals surface area (Å²) >= 11 is 0. The van der Waals surface area contributed by atoms with Crippen LogP contribution in [0.5, 0.6) is 0 Å². The molecule has 0 N–H and O–H groups in total. The van der Waals surface area contributed by atoms with Crippen molar-refractivity contribution in [2.75, 3.05) is 13.7 Å². The monoisotopic (exact) mass is 341 g/mol. The van der Waals surface area contributed by atoms with E-state index in [-0.39, 0.29) is 30.7 Å². The summed E-state index contributed by atoms with van der Waals surface area (Å²) in [5.74, 6) is -0.919. The van der Waals surface area contributed by atoms with Gasteiger partial charge in [0.05, 0.1) is 13.5 Å². The number of hydrogen-bond donors (Lipinski definition) is 0. The molecule has 1 amide bonds. The molecule has 0 heterocycles. The highest BCUT2D eigenvalue weighted by Gasteiger charge is 2.13. The van der Waals surface area contributed by atoms with Crippen LogP contribution >= 0.6 is 0 Å². The SMILES string of the molecule is COC(=O)CCN(Cc1ccccc1)C(=O)/C=C/c1ccc(F)cc1. The average Bonchev–Trinajstić information content (AvgIpc) is 2.64. The quantitative estimate of drug-likeness (QED) is 0.572. The van der Waals surface area contributed by atoms with Crippen LogP contribution < -0.4 is 0 Å². The van der Waals surface area contributed by atoms with Gasteiger partial charge in [0.25, 0.3) is 0 Å². The van der Waals surface area contributed by atoms with Gasteiger partial charge in [-0.15, -0.1) is 0 Å². The zero-order chi connectivity index (χ0) is 18.1. The fourth-order valence-electron chi connectivity index (χ4n) is 2.25. The number of esters is 1. The van der Waals surface area contributed by atoms with Crippen LogP contribution in [0, 0.1) is 5.82 Å². The van der Waals surface area contributed by atoms with E-state index in [1.807, 2.05) is 30.3 Å².